The van der Waals surface area contributed by atoms with Crippen molar-refractivity contribution in [3.63, 3.8) is 0 Å². The van der Waals surface area contributed by atoms with Crippen LogP contribution in [0.5, 0.6) is 11.5 Å². The van der Waals surface area contributed by atoms with Gasteiger partial charge in [0.25, 0.3) is 5.56 Å². The maximum atomic E-state index is 13.8. The van der Waals surface area contributed by atoms with E-state index in [1.165, 1.54) is 18.8 Å². The van der Waals surface area contributed by atoms with E-state index in [4.69, 9.17) is 9.47 Å². The Kier molecular flexibility index (Phi) is 6.46. The molecule has 0 bridgehead atoms. The van der Waals surface area contributed by atoms with Gasteiger partial charge in [-0.05, 0) is 62.2 Å². The number of fused-ring (bicyclic) bond motifs is 1. The molecular formula is C27H27N3O5. The van der Waals surface area contributed by atoms with E-state index in [-0.39, 0.29) is 0 Å². The first-order valence-corrected chi connectivity index (χ1v) is 11.1. The molecule has 0 spiro atoms. The number of hydrogen-bond acceptors (Lipinski definition) is 5. The fourth-order valence-corrected chi connectivity index (χ4v) is 4.13. The van der Waals surface area contributed by atoms with Crippen molar-refractivity contribution >= 4 is 22.5 Å². The zero-order valence-corrected chi connectivity index (χ0v) is 20.3. The van der Waals surface area contributed by atoms with Crippen molar-refractivity contribution < 1.29 is 14.3 Å². The summed E-state index contributed by atoms with van der Waals surface area (Å²) in [7, 11) is 3.04. The lowest BCUT2D eigenvalue weighted by molar-refractivity contribution is -0.118. The summed E-state index contributed by atoms with van der Waals surface area (Å²) < 4.78 is 13.1. The molecule has 0 aliphatic heterocycles. The predicted octanol–water partition coefficient (Wildman–Crippen LogP) is 3.99. The number of nitrogens with one attached hydrogen (secondary N) is 1. The molecule has 1 amide bonds. The van der Waals surface area contributed by atoms with E-state index in [1.807, 2.05) is 19.9 Å². The maximum absolute atomic E-state index is 13.8. The van der Waals surface area contributed by atoms with Gasteiger partial charge in [-0.15, -0.1) is 0 Å². The summed E-state index contributed by atoms with van der Waals surface area (Å²) >= 11 is 0. The van der Waals surface area contributed by atoms with Crippen molar-refractivity contribution in [2.24, 2.45) is 0 Å². The second-order valence-corrected chi connectivity index (χ2v) is 8.26. The van der Waals surface area contributed by atoms with Crippen molar-refractivity contribution in [1.29, 1.82) is 0 Å². The lowest BCUT2D eigenvalue weighted by Gasteiger charge is -2.20. The summed E-state index contributed by atoms with van der Waals surface area (Å²) in [5, 5.41) is 3.18. The van der Waals surface area contributed by atoms with Gasteiger partial charge in [0.05, 0.1) is 30.8 Å². The number of aryl methyl sites for hydroxylation is 1. The van der Waals surface area contributed by atoms with Crippen molar-refractivity contribution in [3.05, 3.63) is 92.6 Å². The topological polar surface area (TPSA) is 91.6 Å². The van der Waals surface area contributed by atoms with Gasteiger partial charge in [-0.3, -0.25) is 14.2 Å². The molecule has 1 atom stereocenters. The summed E-state index contributed by atoms with van der Waals surface area (Å²) in [5.74, 6) is 0.570. The third-order valence-electron chi connectivity index (χ3n) is 6.23. The minimum Gasteiger partial charge on any atom is -0.493 e. The number of nitrogens with zero attached hydrogens (tertiary/aromatic N) is 2. The van der Waals surface area contributed by atoms with Crippen molar-refractivity contribution in [2.45, 2.75) is 26.8 Å². The van der Waals surface area contributed by atoms with Crippen LogP contribution in [-0.2, 0) is 4.79 Å². The summed E-state index contributed by atoms with van der Waals surface area (Å²) in [6.45, 7) is 5.41. The van der Waals surface area contributed by atoms with Gasteiger partial charge in [-0.2, -0.15) is 0 Å². The molecule has 35 heavy (non-hydrogen) atoms. The summed E-state index contributed by atoms with van der Waals surface area (Å²) in [5.41, 5.74) is 2.12. The molecule has 0 aliphatic rings. The normalized spacial score (nSPS) is 11.8. The molecule has 3 aromatic carbocycles. The van der Waals surface area contributed by atoms with E-state index >= 15 is 0 Å². The van der Waals surface area contributed by atoms with Crippen LogP contribution < -0.4 is 26.0 Å². The van der Waals surface area contributed by atoms with Gasteiger partial charge in [0.1, 0.15) is 6.04 Å². The summed E-state index contributed by atoms with van der Waals surface area (Å²) in [6.07, 6.45) is 0. The number of rotatable bonds is 6. The zero-order valence-electron chi connectivity index (χ0n) is 20.3. The average molecular weight is 474 g/mol. The molecule has 0 aliphatic carbocycles. The van der Waals surface area contributed by atoms with Crippen LogP contribution >= 0.6 is 0 Å². The molecule has 8 heteroatoms. The van der Waals surface area contributed by atoms with E-state index in [0.717, 1.165) is 15.7 Å². The average Bonchev–Trinajstić information content (AvgIpc) is 2.86. The van der Waals surface area contributed by atoms with Gasteiger partial charge in [-0.25, -0.2) is 9.36 Å². The molecule has 4 aromatic rings. The van der Waals surface area contributed by atoms with E-state index in [9.17, 15) is 14.4 Å². The van der Waals surface area contributed by atoms with Crippen LogP contribution in [0.2, 0.25) is 0 Å². The SMILES string of the molecule is COc1ccc(NC(=O)C(C)n2c(=O)n(-c3cccc(C)c3C)c(=O)c3ccccc32)cc1OC. The van der Waals surface area contributed by atoms with Crippen LogP contribution in [0.25, 0.3) is 16.6 Å². The highest BCUT2D eigenvalue weighted by molar-refractivity contribution is 5.95. The number of anilines is 1. The number of carbonyl (C=O) groups is 1. The second-order valence-electron chi connectivity index (χ2n) is 8.26. The van der Waals surface area contributed by atoms with Crippen LogP contribution in [0.4, 0.5) is 5.69 Å². The monoisotopic (exact) mass is 473 g/mol. The Labute approximate surface area is 202 Å². The third-order valence-corrected chi connectivity index (χ3v) is 6.23. The number of methoxy groups -OCH3 is 2. The van der Waals surface area contributed by atoms with Crippen LogP contribution in [0.1, 0.15) is 24.1 Å². The standard InChI is InChI=1S/C27H27N3O5/c1-16-9-8-12-21(17(16)2)30-26(32)20-10-6-7-11-22(20)29(27(30)33)18(3)25(31)28-19-13-14-23(34-4)24(15-19)35-5/h6-15,18H,1-5H3,(H,28,31). The Morgan fingerprint density at radius 1 is 0.914 bits per heavy atom. The number of carbonyl (C=O) groups excluding carboxylic acids is 1. The number of aromatic nitrogens is 2. The summed E-state index contributed by atoms with van der Waals surface area (Å²) in [6, 6.07) is 16.3. The lowest BCUT2D eigenvalue weighted by Crippen LogP contribution is -2.42. The molecular weight excluding hydrogens is 446 g/mol. The van der Waals surface area contributed by atoms with E-state index in [0.29, 0.717) is 33.8 Å². The smallest absolute Gasteiger partial charge is 0.336 e. The Hall–Kier alpha value is -4.33. The van der Waals surface area contributed by atoms with Crippen LogP contribution in [0, 0.1) is 13.8 Å². The van der Waals surface area contributed by atoms with E-state index in [1.54, 1.807) is 61.5 Å². The molecule has 0 radical (unpaired) electrons. The lowest BCUT2D eigenvalue weighted by atomic mass is 10.1. The number of para-hydroxylation sites is 1. The third kappa shape index (κ3) is 4.19. The fraction of sp³-hybridized carbons (Fsp3) is 0.222. The second kappa shape index (κ2) is 9.50. The molecule has 1 unspecified atom stereocenters. The molecule has 1 aromatic heterocycles. The van der Waals surface area contributed by atoms with Gasteiger partial charge in [-0.1, -0.05) is 24.3 Å². The quantitative estimate of drug-likeness (QED) is 0.457. The minimum atomic E-state index is -0.919. The van der Waals surface area contributed by atoms with Crippen LogP contribution in [0.3, 0.4) is 0 Å². The van der Waals surface area contributed by atoms with E-state index < -0.39 is 23.2 Å². The van der Waals surface area contributed by atoms with Crippen LogP contribution in [-0.4, -0.2) is 29.3 Å². The Bertz CT molecular complexity index is 1550. The van der Waals surface area contributed by atoms with Gasteiger partial charge in [0.2, 0.25) is 5.91 Å². The highest BCUT2D eigenvalue weighted by atomic mass is 16.5. The van der Waals surface area contributed by atoms with Crippen molar-refractivity contribution in [3.8, 4) is 17.2 Å². The molecule has 0 saturated carbocycles. The van der Waals surface area contributed by atoms with Gasteiger partial charge in [0, 0.05) is 11.8 Å². The first-order chi connectivity index (χ1) is 16.8. The molecule has 4 rings (SSSR count). The molecule has 0 fully saturated rings. The molecule has 0 saturated heterocycles. The zero-order chi connectivity index (χ0) is 25.3. The fourth-order valence-electron chi connectivity index (χ4n) is 4.13. The van der Waals surface area contributed by atoms with Gasteiger partial charge >= 0.3 is 5.69 Å². The van der Waals surface area contributed by atoms with E-state index in [2.05, 4.69) is 5.32 Å². The number of benzene rings is 3. The van der Waals surface area contributed by atoms with Gasteiger partial charge < -0.3 is 14.8 Å². The van der Waals surface area contributed by atoms with Crippen LogP contribution in [0.15, 0.2) is 70.3 Å². The highest BCUT2D eigenvalue weighted by Gasteiger charge is 2.23. The minimum absolute atomic E-state index is 0.346. The Morgan fingerprint density at radius 3 is 2.34 bits per heavy atom. The molecule has 1 N–H and O–H groups in total. The Balaban J connectivity index is 1.86. The molecule has 1 heterocycles. The molecule has 8 nitrogen and oxygen atoms in total. The van der Waals surface area contributed by atoms with Crippen molar-refractivity contribution in [1.82, 2.24) is 9.13 Å². The number of hydrogen-bond donors (Lipinski definition) is 1. The first-order valence-electron chi connectivity index (χ1n) is 11.1. The van der Waals surface area contributed by atoms with Gasteiger partial charge in [0.15, 0.2) is 11.5 Å². The molecule has 180 valence electrons. The maximum Gasteiger partial charge on any atom is 0.336 e. The number of amides is 1. The van der Waals surface area contributed by atoms with Crippen molar-refractivity contribution in [2.75, 3.05) is 19.5 Å². The highest BCUT2D eigenvalue weighted by Crippen LogP contribution is 2.30. The summed E-state index contributed by atoms with van der Waals surface area (Å²) in [4.78, 5) is 40.4. The first kappa shape index (κ1) is 23.8. The largest absolute Gasteiger partial charge is 0.493 e. The predicted molar refractivity (Wildman–Crippen MR) is 136 cm³/mol. The number of ether oxygens (including phenoxy) is 2. The Morgan fingerprint density at radius 2 is 1.63 bits per heavy atom.